The number of aromatic nitrogens is 3. The van der Waals surface area contributed by atoms with Gasteiger partial charge in [-0.2, -0.15) is 0 Å². The van der Waals surface area contributed by atoms with Gasteiger partial charge in [-0.25, -0.2) is 0 Å². The number of rotatable bonds is 5. The van der Waals surface area contributed by atoms with Crippen LogP contribution in [0.1, 0.15) is 36.5 Å². The summed E-state index contributed by atoms with van der Waals surface area (Å²) >= 11 is 0. The molecule has 0 saturated carbocycles. The molecule has 4 rings (SSSR count). The Labute approximate surface area is 181 Å². The van der Waals surface area contributed by atoms with E-state index in [1.165, 1.54) is 0 Å². The van der Waals surface area contributed by atoms with E-state index in [4.69, 9.17) is 14.7 Å². The van der Waals surface area contributed by atoms with Gasteiger partial charge >= 0.3 is 0 Å². The van der Waals surface area contributed by atoms with Crippen LogP contribution in [0, 0.1) is 0 Å². The summed E-state index contributed by atoms with van der Waals surface area (Å²) in [6.45, 7) is 6.11. The third-order valence-electron chi connectivity index (χ3n) is 5.37. The van der Waals surface area contributed by atoms with E-state index in [1.807, 2.05) is 33.7 Å². The molecule has 2 aliphatic rings. The minimum absolute atomic E-state index is 0.0888. The zero-order valence-electron chi connectivity index (χ0n) is 17.6. The summed E-state index contributed by atoms with van der Waals surface area (Å²) in [5.74, 6) is 0.0888. The highest BCUT2D eigenvalue weighted by atomic mass is 16.6. The molecule has 0 bridgehead atoms. The Kier molecular flexibility index (Phi) is 8.11. The van der Waals surface area contributed by atoms with Crippen LogP contribution in [0.3, 0.4) is 0 Å². The first-order chi connectivity index (χ1) is 15.1. The van der Waals surface area contributed by atoms with Crippen molar-refractivity contribution in [2.75, 3.05) is 32.7 Å². The number of benzene rings is 1. The van der Waals surface area contributed by atoms with Crippen LogP contribution in [0.25, 0.3) is 5.69 Å². The molecule has 10 nitrogen and oxygen atoms in total. The summed E-state index contributed by atoms with van der Waals surface area (Å²) in [5, 5.41) is 18.7. The second-order valence-corrected chi connectivity index (χ2v) is 7.41. The predicted molar refractivity (Wildman–Crippen MR) is 114 cm³/mol. The zero-order valence-corrected chi connectivity index (χ0v) is 17.6. The summed E-state index contributed by atoms with van der Waals surface area (Å²) < 4.78 is 1.82. The van der Waals surface area contributed by atoms with Crippen molar-refractivity contribution in [2.45, 2.75) is 32.3 Å². The van der Waals surface area contributed by atoms with Crippen molar-refractivity contribution in [1.29, 1.82) is 0 Å². The van der Waals surface area contributed by atoms with Gasteiger partial charge in [0.05, 0.1) is 5.71 Å². The van der Waals surface area contributed by atoms with Crippen molar-refractivity contribution >= 4 is 18.1 Å². The highest BCUT2D eigenvalue weighted by molar-refractivity contribution is 5.94. The molecule has 10 heteroatoms. The zero-order chi connectivity index (χ0) is 22.1. The van der Waals surface area contributed by atoms with Crippen LogP contribution in [-0.2, 0) is 9.63 Å². The molecule has 1 fully saturated rings. The first kappa shape index (κ1) is 22.4. The van der Waals surface area contributed by atoms with E-state index >= 15 is 0 Å². The number of nitrogens with zero attached hydrogens (tertiary/aromatic N) is 6. The molecule has 1 saturated heterocycles. The molecule has 1 N–H and O–H groups in total. The number of hydrogen-bond acceptors (Lipinski definition) is 7. The average Bonchev–Trinajstić information content (AvgIpc) is 3.43. The van der Waals surface area contributed by atoms with Crippen LogP contribution in [0.5, 0.6) is 0 Å². The SMILES string of the molecule is CCC1=NOC(CN2CCCN(C(=O)c3ccc(-n4cnnc4)cc3)CC2)C1.O=CO. The van der Waals surface area contributed by atoms with E-state index in [-0.39, 0.29) is 18.5 Å². The molecule has 1 unspecified atom stereocenters. The highest BCUT2D eigenvalue weighted by Gasteiger charge is 2.25. The Balaban J connectivity index is 0.000000858. The maximum atomic E-state index is 12.9. The molecule has 31 heavy (non-hydrogen) atoms. The molecular weight excluding hydrogens is 400 g/mol. The Bertz CT molecular complexity index is 869. The molecule has 0 radical (unpaired) electrons. The maximum Gasteiger partial charge on any atom is 0.290 e. The second kappa shape index (κ2) is 11.2. The van der Waals surface area contributed by atoms with Crippen LogP contribution in [0.2, 0.25) is 0 Å². The van der Waals surface area contributed by atoms with Crippen molar-refractivity contribution in [3.8, 4) is 5.69 Å². The normalized spacial score (nSPS) is 18.9. The van der Waals surface area contributed by atoms with Crippen LogP contribution < -0.4 is 0 Å². The molecule has 1 atom stereocenters. The van der Waals surface area contributed by atoms with Crippen molar-refractivity contribution in [3.63, 3.8) is 0 Å². The van der Waals surface area contributed by atoms with Crippen LogP contribution in [-0.4, -0.2) is 86.6 Å². The minimum atomic E-state index is -0.250. The molecule has 1 aromatic heterocycles. The standard InChI is InChI=1S/C20H26N6O2.CH2O2/c1-2-17-12-19(28-23-17)13-24-8-3-9-25(11-10-24)20(27)16-4-6-18(7-5-16)26-14-21-22-15-26;2-1-3/h4-7,14-15,19H,2-3,8-13H2,1H3;1H,(H,2,3). The third-order valence-corrected chi connectivity index (χ3v) is 5.37. The van der Waals surface area contributed by atoms with Crippen LogP contribution in [0.15, 0.2) is 42.1 Å². The van der Waals surface area contributed by atoms with E-state index in [9.17, 15) is 4.79 Å². The van der Waals surface area contributed by atoms with Gasteiger partial charge in [0.25, 0.3) is 12.4 Å². The molecule has 2 aliphatic heterocycles. The Morgan fingerprint density at radius 3 is 2.52 bits per heavy atom. The van der Waals surface area contributed by atoms with E-state index in [1.54, 1.807) is 12.7 Å². The highest BCUT2D eigenvalue weighted by Crippen LogP contribution is 2.16. The molecular formula is C21H28N6O4. The fraction of sp³-hybridized carbons (Fsp3) is 0.476. The quantitative estimate of drug-likeness (QED) is 0.721. The monoisotopic (exact) mass is 428 g/mol. The van der Waals surface area contributed by atoms with Gasteiger partial charge < -0.3 is 14.8 Å². The summed E-state index contributed by atoms with van der Waals surface area (Å²) in [4.78, 5) is 31.2. The number of oxime groups is 1. The van der Waals surface area contributed by atoms with Gasteiger partial charge in [0, 0.05) is 50.4 Å². The number of hydrogen-bond donors (Lipinski definition) is 1. The lowest BCUT2D eigenvalue weighted by molar-refractivity contribution is -0.122. The van der Waals surface area contributed by atoms with Crippen LogP contribution in [0.4, 0.5) is 0 Å². The molecule has 1 aromatic carbocycles. The first-order valence-electron chi connectivity index (χ1n) is 10.4. The number of amides is 1. The Morgan fingerprint density at radius 2 is 1.87 bits per heavy atom. The molecule has 3 heterocycles. The predicted octanol–water partition coefficient (Wildman–Crippen LogP) is 1.67. The number of carbonyl (C=O) groups is 2. The van der Waals surface area contributed by atoms with Gasteiger partial charge in [0.1, 0.15) is 18.8 Å². The summed E-state index contributed by atoms with van der Waals surface area (Å²) in [6, 6.07) is 7.58. The van der Waals surface area contributed by atoms with Gasteiger partial charge in [-0.15, -0.1) is 10.2 Å². The number of carboxylic acid groups (broad SMARTS) is 1. The van der Waals surface area contributed by atoms with Gasteiger partial charge in [-0.3, -0.25) is 19.1 Å². The summed E-state index contributed by atoms with van der Waals surface area (Å²) in [5.41, 5.74) is 2.80. The Hall–Kier alpha value is -3.27. The molecule has 0 spiro atoms. The van der Waals surface area contributed by atoms with Crippen molar-refractivity contribution < 1.29 is 19.5 Å². The Morgan fingerprint density at radius 1 is 1.16 bits per heavy atom. The topological polar surface area (TPSA) is 113 Å². The lowest BCUT2D eigenvalue weighted by Gasteiger charge is -2.23. The van der Waals surface area contributed by atoms with Crippen molar-refractivity contribution in [1.82, 2.24) is 24.6 Å². The third kappa shape index (κ3) is 6.11. The van der Waals surface area contributed by atoms with E-state index in [0.29, 0.717) is 5.56 Å². The van der Waals surface area contributed by atoms with Gasteiger partial charge in [0.15, 0.2) is 0 Å². The first-order valence-corrected chi connectivity index (χ1v) is 10.4. The van der Waals surface area contributed by atoms with E-state index in [0.717, 1.165) is 63.4 Å². The minimum Gasteiger partial charge on any atom is -0.483 e. The van der Waals surface area contributed by atoms with Crippen molar-refractivity contribution in [2.24, 2.45) is 5.16 Å². The van der Waals surface area contributed by atoms with Crippen LogP contribution >= 0.6 is 0 Å². The van der Waals surface area contributed by atoms with Gasteiger partial charge in [0.2, 0.25) is 0 Å². The van der Waals surface area contributed by atoms with E-state index in [2.05, 4.69) is 27.2 Å². The summed E-state index contributed by atoms with van der Waals surface area (Å²) in [7, 11) is 0. The molecule has 0 aliphatic carbocycles. The largest absolute Gasteiger partial charge is 0.483 e. The van der Waals surface area contributed by atoms with Crippen molar-refractivity contribution in [3.05, 3.63) is 42.5 Å². The fourth-order valence-corrected chi connectivity index (χ4v) is 3.73. The molecule has 166 valence electrons. The smallest absolute Gasteiger partial charge is 0.290 e. The van der Waals surface area contributed by atoms with Gasteiger partial charge in [-0.1, -0.05) is 12.1 Å². The lowest BCUT2D eigenvalue weighted by Crippen LogP contribution is -2.37. The number of carbonyl (C=O) groups excluding carboxylic acids is 1. The van der Waals surface area contributed by atoms with E-state index < -0.39 is 0 Å². The second-order valence-electron chi connectivity index (χ2n) is 7.41. The van der Waals surface area contributed by atoms with Gasteiger partial charge in [-0.05, 0) is 37.1 Å². The maximum absolute atomic E-state index is 12.9. The fourth-order valence-electron chi connectivity index (χ4n) is 3.73. The molecule has 2 aromatic rings. The summed E-state index contributed by atoms with van der Waals surface area (Å²) in [6.07, 6.45) is 6.29. The lowest BCUT2D eigenvalue weighted by atomic mass is 10.1. The molecule has 1 amide bonds. The average molecular weight is 428 g/mol.